The minimum atomic E-state index is -4.49. The molecule has 276 valence electrons. The van der Waals surface area contributed by atoms with Gasteiger partial charge in [-0.15, -0.1) is 0 Å². The number of hydrogen-bond donors (Lipinski definition) is 4. The number of aromatic nitrogens is 1. The van der Waals surface area contributed by atoms with E-state index in [1.165, 1.54) is 11.9 Å². The number of aromatic carboxylic acids is 1. The van der Waals surface area contributed by atoms with Gasteiger partial charge in [-0.2, -0.15) is 11.3 Å². The number of nitrogens with zero attached hydrogens (tertiary/aromatic N) is 1. The van der Waals surface area contributed by atoms with Crippen LogP contribution >= 0.6 is 11.3 Å². The quantitative estimate of drug-likeness (QED) is 0.110. The summed E-state index contributed by atoms with van der Waals surface area (Å²) in [6, 6.07) is 24.4. The van der Waals surface area contributed by atoms with E-state index in [4.69, 9.17) is 0 Å². The first-order valence-electron chi connectivity index (χ1n) is 17.0. The minimum absolute atomic E-state index is 0.0914. The van der Waals surface area contributed by atoms with E-state index >= 15 is 0 Å². The highest BCUT2D eigenvalue weighted by molar-refractivity contribution is 7.90. The maximum absolute atomic E-state index is 14.5. The lowest BCUT2D eigenvalue weighted by Gasteiger charge is -2.29. The molecule has 13 heteroatoms. The van der Waals surface area contributed by atoms with Crippen LogP contribution in [0.25, 0.3) is 22.0 Å². The Bertz CT molecular complexity index is 2420. The molecule has 0 spiro atoms. The van der Waals surface area contributed by atoms with Crippen molar-refractivity contribution in [1.29, 1.82) is 0 Å². The molecular weight excluding hydrogens is 725 g/mol. The lowest BCUT2D eigenvalue weighted by molar-refractivity contribution is -0.130. The molecule has 0 aliphatic rings. The molecular formula is C41H38N4O7S2. The van der Waals surface area contributed by atoms with Gasteiger partial charge in [0, 0.05) is 42.6 Å². The molecule has 6 rings (SSSR count). The van der Waals surface area contributed by atoms with Gasteiger partial charge in [-0.25, -0.2) is 17.9 Å². The number of H-pyrrole nitrogens is 1. The fraction of sp³-hybridized carbons (Fsp3) is 0.171. The second-order valence-electron chi connectivity index (χ2n) is 13.1. The third-order valence-electron chi connectivity index (χ3n) is 9.18. The summed E-state index contributed by atoms with van der Waals surface area (Å²) in [5, 5.41) is 16.8. The normalized spacial score (nSPS) is 12.5. The Hall–Kier alpha value is -6.05. The molecule has 0 saturated carbocycles. The van der Waals surface area contributed by atoms with Crippen LogP contribution in [0.4, 0.5) is 0 Å². The Morgan fingerprint density at radius 3 is 2.15 bits per heavy atom. The fourth-order valence-electron chi connectivity index (χ4n) is 6.37. The van der Waals surface area contributed by atoms with Crippen molar-refractivity contribution in [3.63, 3.8) is 0 Å². The SMILES string of the molecule is Cc1cc(C)cc(C(=O)N(C)[C@H](Cc2ccc(-c3ccsc3)cc2)C(=O)N[C@@H](Cc2c[nH]c3ccccc23)C(=O)NS(=O)(=O)c2ccc(C(=O)O)cc2)c1. The molecule has 0 fully saturated rings. The summed E-state index contributed by atoms with van der Waals surface area (Å²) in [4.78, 5) is 57.9. The van der Waals surface area contributed by atoms with Crippen molar-refractivity contribution in [2.75, 3.05) is 7.05 Å². The smallest absolute Gasteiger partial charge is 0.335 e. The maximum atomic E-state index is 14.5. The summed E-state index contributed by atoms with van der Waals surface area (Å²) in [6.07, 6.45) is 1.70. The zero-order chi connectivity index (χ0) is 38.6. The second kappa shape index (κ2) is 15.9. The number of likely N-dealkylation sites (N-methyl/N-ethyl adjacent to an activating group) is 1. The Morgan fingerprint density at radius 1 is 0.815 bits per heavy atom. The number of carbonyl (C=O) groups excluding carboxylic acids is 3. The van der Waals surface area contributed by atoms with Gasteiger partial charge in [0.25, 0.3) is 21.8 Å². The number of carbonyl (C=O) groups is 4. The number of rotatable bonds is 13. The number of aryl methyl sites for hydroxylation is 2. The number of amides is 3. The van der Waals surface area contributed by atoms with E-state index in [0.29, 0.717) is 11.1 Å². The largest absolute Gasteiger partial charge is 0.478 e. The van der Waals surface area contributed by atoms with Gasteiger partial charge >= 0.3 is 5.97 Å². The van der Waals surface area contributed by atoms with E-state index in [9.17, 15) is 32.7 Å². The van der Waals surface area contributed by atoms with Gasteiger partial charge in [0.1, 0.15) is 12.1 Å². The minimum Gasteiger partial charge on any atom is -0.478 e. The molecule has 4 aromatic carbocycles. The number of sulfonamides is 1. The monoisotopic (exact) mass is 762 g/mol. The van der Waals surface area contributed by atoms with Crippen LogP contribution < -0.4 is 10.0 Å². The van der Waals surface area contributed by atoms with E-state index in [1.807, 2.05) is 85.3 Å². The average Bonchev–Trinajstić information content (AvgIpc) is 3.84. The predicted octanol–water partition coefficient (Wildman–Crippen LogP) is 6.13. The van der Waals surface area contributed by atoms with Crippen molar-refractivity contribution in [2.24, 2.45) is 0 Å². The Kier molecular flexibility index (Phi) is 11.1. The highest BCUT2D eigenvalue weighted by Crippen LogP contribution is 2.24. The highest BCUT2D eigenvalue weighted by atomic mass is 32.2. The number of thiophene rings is 1. The molecule has 0 radical (unpaired) electrons. The molecule has 2 aromatic heterocycles. The first kappa shape index (κ1) is 37.7. The van der Waals surface area contributed by atoms with Crippen molar-refractivity contribution < 1.29 is 32.7 Å². The van der Waals surface area contributed by atoms with E-state index in [2.05, 4.69) is 15.0 Å². The van der Waals surface area contributed by atoms with E-state index in [1.54, 1.807) is 29.7 Å². The lowest BCUT2D eigenvalue weighted by Crippen LogP contribution is -2.56. The van der Waals surface area contributed by atoms with Gasteiger partial charge < -0.3 is 20.3 Å². The van der Waals surface area contributed by atoms with Crippen molar-refractivity contribution in [1.82, 2.24) is 19.9 Å². The van der Waals surface area contributed by atoms with Crippen LogP contribution in [-0.2, 0) is 32.5 Å². The molecule has 2 atom stereocenters. The molecule has 3 amide bonds. The zero-order valence-electron chi connectivity index (χ0n) is 29.7. The van der Waals surface area contributed by atoms with E-state index in [-0.39, 0.29) is 23.3 Å². The summed E-state index contributed by atoms with van der Waals surface area (Å²) in [5.41, 5.74) is 6.28. The molecule has 6 aromatic rings. The molecule has 11 nitrogen and oxygen atoms in total. The Morgan fingerprint density at radius 2 is 1.50 bits per heavy atom. The van der Waals surface area contributed by atoms with Crippen molar-refractivity contribution in [2.45, 2.75) is 43.7 Å². The third kappa shape index (κ3) is 8.59. The molecule has 2 heterocycles. The van der Waals surface area contributed by atoms with Crippen LogP contribution in [0.3, 0.4) is 0 Å². The van der Waals surface area contributed by atoms with Crippen LogP contribution in [0, 0.1) is 13.8 Å². The van der Waals surface area contributed by atoms with Gasteiger partial charge in [0.15, 0.2) is 0 Å². The van der Waals surface area contributed by atoms with Crippen molar-refractivity contribution in [3.8, 4) is 11.1 Å². The van der Waals surface area contributed by atoms with Gasteiger partial charge in [-0.1, -0.05) is 59.7 Å². The summed E-state index contributed by atoms with van der Waals surface area (Å²) >= 11 is 1.58. The first-order valence-corrected chi connectivity index (χ1v) is 19.4. The number of para-hydroxylation sites is 1. The molecule has 0 unspecified atom stereocenters. The number of fused-ring (bicyclic) bond motifs is 1. The zero-order valence-corrected chi connectivity index (χ0v) is 31.3. The highest BCUT2D eigenvalue weighted by Gasteiger charge is 2.33. The van der Waals surface area contributed by atoms with Gasteiger partial charge in [0.2, 0.25) is 5.91 Å². The number of carboxylic acid groups (broad SMARTS) is 1. The lowest BCUT2D eigenvalue weighted by atomic mass is 9.99. The third-order valence-corrected chi connectivity index (χ3v) is 11.2. The first-order chi connectivity index (χ1) is 25.8. The average molecular weight is 763 g/mol. The number of carboxylic acids is 1. The number of aromatic amines is 1. The predicted molar refractivity (Wildman–Crippen MR) is 208 cm³/mol. The van der Waals surface area contributed by atoms with E-state index < -0.39 is 45.8 Å². The van der Waals surface area contributed by atoms with Crippen molar-refractivity contribution in [3.05, 3.63) is 147 Å². The number of hydrogen-bond acceptors (Lipinski definition) is 7. The van der Waals surface area contributed by atoms with Crippen LogP contribution in [-0.4, -0.2) is 66.2 Å². The summed E-state index contributed by atoms with van der Waals surface area (Å²) < 4.78 is 28.8. The molecule has 0 bridgehead atoms. The van der Waals surface area contributed by atoms with Crippen molar-refractivity contribution >= 4 is 56.0 Å². The van der Waals surface area contributed by atoms with Gasteiger partial charge in [0.05, 0.1) is 10.5 Å². The number of benzene rings is 4. The Labute approximate surface area is 316 Å². The topological polar surface area (TPSA) is 166 Å². The molecule has 0 aliphatic carbocycles. The van der Waals surface area contributed by atoms with Gasteiger partial charge in [-0.05, 0) is 95.4 Å². The number of nitrogens with one attached hydrogen (secondary N) is 3. The second-order valence-corrected chi connectivity index (χ2v) is 15.6. The maximum Gasteiger partial charge on any atom is 0.335 e. The van der Waals surface area contributed by atoms with Crippen LogP contribution in [0.5, 0.6) is 0 Å². The molecule has 54 heavy (non-hydrogen) atoms. The molecule has 0 saturated heterocycles. The van der Waals surface area contributed by atoms with Crippen LogP contribution in [0.2, 0.25) is 0 Å². The van der Waals surface area contributed by atoms with Gasteiger partial charge in [-0.3, -0.25) is 14.4 Å². The molecule has 4 N–H and O–H groups in total. The Balaban J connectivity index is 1.33. The summed E-state index contributed by atoms with van der Waals surface area (Å²) in [5.74, 6) is -3.32. The summed E-state index contributed by atoms with van der Waals surface area (Å²) in [6.45, 7) is 3.76. The van der Waals surface area contributed by atoms with E-state index in [0.717, 1.165) is 63.0 Å². The fourth-order valence-corrected chi connectivity index (χ4v) is 8.06. The molecule has 0 aliphatic heterocycles. The van der Waals surface area contributed by atoms with Crippen LogP contribution in [0.1, 0.15) is 43.0 Å². The summed E-state index contributed by atoms with van der Waals surface area (Å²) in [7, 11) is -2.95. The van der Waals surface area contributed by atoms with Crippen LogP contribution in [0.15, 0.2) is 119 Å². The standard InChI is InChI=1S/C41H38N4O7S2/c1-25-18-26(2)20-31(19-25)40(48)45(3)37(21-27-8-10-28(11-9-27)30-16-17-53-24-30)39(47)43-36(22-32-23-42-35-7-5-4-6-34(32)35)38(46)44-54(51,52)33-14-12-29(13-15-33)41(49)50/h4-20,23-24,36-37,42H,21-22H2,1-3H3,(H,43,47)(H,44,46)(H,49,50)/t36-,37+/m0/s1.